The molecule has 1 heterocycles. The number of hydrogen-bond donors (Lipinski definition) is 2. The van der Waals surface area contributed by atoms with E-state index in [0.717, 1.165) is 6.92 Å². The van der Waals surface area contributed by atoms with Gasteiger partial charge in [-0.15, -0.1) is 0 Å². The van der Waals surface area contributed by atoms with Crippen molar-refractivity contribution in [2.45, 2.75) is 57.0 Å². The molecule has 156 valence electrons. The summed E-state index contributed by atoms with van der Waals surface area (Å²) in [4.78, 5) is 43.2. The van der Waals surface area contributed by atoms with Gasteiger partial charge in [-0.05, 0) is 34.6 Å². The van der Waals surface area contributed by atoms with Gasteiger partial charge in [0.05, 0.1) is 20.0 Å². The fraction of sp³-hybridized carbons (Fsp3) is 1.00. The third kappa shape index (κ3) is 4.82. The molecule has 0 aromatic rings. The lowest BCUT2D eigenvalue weighted by molar-refractivity contribution is -0.339. The Morgan fingerprint density at radius 1 is 0.846 bits per heavy atom. The summed E-state index contributed by atoms with van der Waals surface area (Å²) in [5.41, 5.74) is -7.16. The summed E-state index contributed by atoms with van der Waals surface area (Å²) in [5, 5.41) is 21.1. The van der Waals surface area contributed by atoms with Crippen molar-refractivity contribution in [1.29, 1.82) is 0 Å². The van der Waals surface area contributed by atoms with Crippen molar-refractivity contribution in [3.8, 4) is 0 Å². The quantitative estimate of drug-likeness (QED) is 0.404. The Morgan fingerprint density at radius 2 is 1.31 bits per heavy atom. The average Bonchev–Trinajstić information content (AvgIpc) is 2.39. The zero-order valence-corrected chi connectivity index (χ0v) is 17.1. The first-order chi connectivity index (χ1) is 11.1. The number of phosphoric ester groups is 1. The molecule has 0 saturated carbocycles. The lowest BCUT2D eigenvalue weighted by Crippen LogP contribution is -2.62. The molecular formula is C10H19O13P3-4. The van der Waals surface area contributed by atoms with Gasteiger partial charge in [-0.2, -0.15) is 0 Å². The molecule has 0 radical (unpaired) electrons. The molecule has 1 aliphatic rings. The number of hydrogen-bond acceptors (Lipinski definition) is 13. The normalized spacial score (nSPS) is 39.3. The molecule has 0 aliphatic carbocycles. The van der Waals surface area contributed by atoms with Gasteiger partial charge in [0.15, 0.2) is 0 Å². The van der Waals surface area contributed by atoms with Crippen LogP contribution in [-0.4, -0.2) is 39.2 Å². The van der Waals surface area contributed by atoms with Crippen LogP contribution in [0.25, 0.3) is 0 Å². The van der Waals surface area contributed by atoms with Crippen LogP contribution >= 0.6 is 23.5 Å². The van der Waals surface area contributed by atoms with Gasteiger partial charge in [-0.1, -0.05) is 0 Å². The van der Waals surface area contributed by atoms with E-state index in [9.17, 15) is 43.5 Å². The Hall–Kier alpha value is 0.290. The molecule has 1 saturated heterocycles. The summed E-state index contributed by atoms with van der Waals surface area (Å²) in [6, 6.07) is 0. The molecule has 3 unspecified atom stereocenters. The molecule has 2 N–H and O–H groups in total. The standard InChI is InChI=1S/C10H23O13P3/c1-7(2)9(4,11)10(5,12)8(3,21-7)6-20-25(16,17)23-26(18,19)22-24(13,14)15/h11-12H,6H2,1-5H3,(H,16,17)(H,18,19)(H2,13,14,15)/p-4/t8-,9-,10?/m1/s1. The molecule has 0 bridgehead atoms. The second-order valence-electron chi connectivity index (χ2n) is 6.77. The van der Waals surface area contributed by atoms with Crippen molar-refractivity contribution in [1.82, 2.24) is 0 Å². The Kier molecular flexibility index (Phi) is 6.24. The summed E-state index contributed by atoms with van der Waals surface area (Å²) in [7, 11) is -17.9. The van der Waals surface area contributed by atoms with E-state index in [1.807, 2.05) is 0 Å². The van der Waals surface area contributed by atoms with Crippen LogP contribution < -0.4 is 19.6 Å². The first-order valence-electron chi connectivity index (χ1n) is 6.94. The van der Waals surface area contributed by atoms with E-state index in [2.05, 4.69) is 13.1 Å². The second kappa shape index (κ2) is 6.67. The van der Waals surface area contributed by atoms with Gasteiger partial charge >= 0.3 is 0 Å². The zero-order chi connectivity index (χ0) is 21.0. The monoisotopic (exact) mass is 440 g/mol. The van der Waals surface area contributed by atoms with Gasteiger partial charge in [-0.25, -0.2) is 4.31 Å². The Labute approximate surface area is 149 Å². The first-order valence-corrected chi connectivity index (χ1v) is 11.3. The minimum Gasteiger partial charge on any atom is -0.790 e. The van der Waals surface area contributed by atoms with Gasteiger partial charge in [0.1, 0.15) is 16.8 Å². The summed E-state index contributed by atoms with van der Waals surface area (Å²) in [6.45, 7) is 5.39. The molecule has 0 aromatic heterocycles. The Balaban J connectivity index is 2.96. The molecule has 5 atom stereocenters. The minimum absolute atomic E-state index is 1.02. The van der Waals surface area contributed by atoms with Crippen molar-refractivity contribution < 1.29 is 61.4 Å². The summed E-state index contributed by atoms with van der Waals surface area (Å²) < 4.78 is 49.3. The third-order valence-electron chi connectivity index (χ3n) is 4.53. The van der Waals surface area contributed by atoms with Gasteiger partial charge in [0.2, 0.25) is 0 Å². The second-order valence-corrected chi connectivity index (χ2v) is 11.0. The smallest absolute Gasteiger partial charge is 0.278 e. The van der Waals surface area contributed by atoms with Crippen LogP contribution in [0.1, 0.15) is 34.6 Å². The van der Waals surface area contributed by atoms with Crippen LogP contribution in [0.2, 0.25) is 0 Å². The highest BCUT2D eigenvalue weighted by Crippen LogP contribution is 2.61. The number of ether oxygens (including phenoxy) is 1. The maximum Gasteiger partial charge on any atom is 0.278 e. The largest absolute Gasteiger partial charge is 0.790 e. The van der Waals surface area contributed by atoms with Gasteiger partial charge < -0.3 is 43.6 Å². The van der Waals surface area contributed by atoms with E-state index in [4.69, 9.17) is 4.74 Å². The molecule has 13 nitrogen and oxygen atoms in total. The lowest BCUT2D eigenvalue weighted by atomic mass is 9.71. The molecule has 1 rings (SSSR count). The minimum atomic E-state index is -6.10. The van der Waals surface area contributed by atoms with E-state index in [-0.39, 0.29) is 0 Å². The molecule has 26 heavy (non-hydrogen) atoms. The average molecular weight is 440 g/mol. The van der Waals surface area contributed by atoms with E-state index >= 15 is 0 Å². The van der Waals surface area contributed by atoms with Crippen molar-refractivity contribution in [3.63, 3.8) is 0 Å². The maximum atomic E-state index is 11.6. The van der Waals surface area contributed by atoms with Crippen LogP contribution in [0.5, 0.6) is 0 Å². The highest BCUT2D eigenvalue weighted by molar-refractivity contribution is 7.64. The van der Waals surface area contributed by atoms with E-state index < -0.39 is 52.5 Å². The van der Waals surface area contributed by atoms with E-state index in [0.29, 0.717) is 0 Å². The molecule has 0 amide bonds. The Bertz CT molecular complexity index is 694. The first kappa shape index (κ1) is 24.3. The molecule has 0 aromatic carbocycles. The predicted octanol–water partition coefficient (Wildman–Crippen LogP) is -2.13. The molecule has 16 heteroatoms. The van der Waals surface area contributed by atoms with Crippen molar-refractivity contribution in [2.24, 2.45) is 0 Å². The maximum absolute atomic E-state index is 11.6. The van der Waals surface area contributed by atoms with Crippen LogP contribution in [0.3, 0.4) is 0 Å². The molecular weight excluding hydrogens is 421 g/mol. The predicted molar refractivity (Wildman–Crippen MR) is 75.8 cm³/mol. The van der Waals surface area contributed by atoms with Gasteiger partial charge in [-0.3, -0.25) is 13.4 Å². The lowest BCUT2D eigenvalue weighted by Gasteiger charge is -2.42. The molecule has 0 spiro atoms. The fourth-order valence-corrected chi connectivity index (χ4v) is 5.46. The number of phosphoric acid groups is 3. The van der Waals surface area contributed by atoms with Crippen molar-refractivity contribution in [2.75, 3.05) is 6.61 Å². The summed E-state index contributed by atoms with van der Waals surface area (Å²) in [6.07, 6.45) is 0. The summed E-state index contributed by atoms with van der Waals surface area (Å²) in [5.74, 6) is 0. The zero-order valence-electron chi connectivity index (χ0n) is 14.4. The van der Waals surface area contributed by atoms with Gasteiger partial charge in [0.25, 0.3) is 15.6 Å². The van der Waals surface area contributed by atoms with Crippen LogP contribution in [0.4, 0.5) is 0 Å². The number of rotatable bonds is 7. The topological polar surface area (TPSA) is 221 Å². The van der Waals surface area contributed by atoms with Crippen molar-refractivity contribution in [3.05, 3.63) is 0 Å². The van der Waals surface area contributed by atoms with Gasteiger partial charge in [0, 0.05) is 0 Å². The SMILES string of the molecule is CC1(C)O[C@](C)(COP(=O)([O-])OP(=O)([O-])OP(=O)([O-])[O-])C(C)(O)[C@]1(C)O. The summed E-state index contributed by atoms with van der Waals surface area (Å²) >= 11 is 0. The highest BCUT2D eigenvalue weighted by Gasteiger charge is 2.70. The highest BCUT2D eigenvalue weighted by atomic mass is 31.3. The Morgan fingerprint density at radius 3 is 1.65 bits per heavy atom. The fourth-order valence-electron chi connectivity index (χ4n) is 2.52. The van der Waals surface area contributed by atoms with Crippen LogP contribution in [0.15, 0.2) is 0 Å². The molecule has 1 fully saturated rings. The van der Waals surface area contributed by atoms with Crippen LogP contribution in [-0.2, 0) is 31.6 Å². The third-order valence-corrected chi connectivity index (χ3v) is 8.17. The number of aliphatic hydroxyl groups is 2. The molecule has 1 aliphatic heterocycles. The van der Waals surface area contributed by atoms with E-state index in [1.165, 1.54) is 27.7 Å². The van der Waals surface area contributed by atoms with E-state index in [1.54, 1.807) is 0 Å². The van der Waals surface area contributed by atoms with Crippen molar-refractivity contribution >= 4 is 23.5 Å². The van der Waals surface area contributed by atoms with Crippen LogP contribution in [0, 0.1) is 0 Å².